The van der Waals surface area contributed by atoms with Crippen LogP contribution in [-0.4, -0.2) is 18.6 Å². The molecular formula is C19H19FN2O. The van der Waals surface area contributed by atoms with E-state index in [1.807, 2.05) is 43.3 Å². The molecule has 0 fully saturated rings. The Morgan fingerprint density at radius 2 is 1.91 bits per heavy atom. The lowest BCUT2D eigenvalue weighted by molar-refractivity contribution is 0.419. The third-order valence-electron chi connectivity index (χ3n) is 3.79. The van der Waals surface area contributed by atoms with Crippen molar-refractivity contribution in [2.45, 2.75) is 13.3 Å². The van der Waals surface area contributed by atoms with E-state index in [1.54, 1.807) is 7.11 Å². The van der Waals surface area contributed by atoms with E-state index in [0.717, 1.165) is 46.6 Å². The summed E-state index contributed by atoms with van der Waals surface area (Å²) >= 11 is 0. The van der Waals surface area contributed by atoms with Crippen LogP contribution >= 0.6 is 0 Å². The van der Waals surface area contributed by atoms with Gasteiger partial charge in [0.15, 0.2) is 0 Å². The lowest BCUT2D eigenvalue weighted by atomic mass is 10.1. The molecule has 4 heteroatoms. The number of rotatable bonds is 5. The number of benzene rings is 2. The molecule has 3 aromatic rings. The largest absolute Gasteiger partial charge is 0.494 e. The molecule has 0 bridgehead atoms. The van der Waals surface area contributed by atoms with E-state index in [0.29, 0.717) is 0 Å². The van der Waals surface area contributed by atoms with Crippen molar-refractivity contribution >= 4 is 16.6 Å². The number of nitrogens with zero attached hydrogens (tertiary/aromatic N) is 1. The highest BCUT2D eigenvalue weighted by Crippen LogP contribution is 2.29. The van der Waals surface area contributed by atoms with Crippen molar-refractivity contribution in [2.75, 3.05) is 19.0 Å². The second kappa shape index (κ2) is 6.65. The van der Waals surface area contributed by atoms with Crippen LogP contribution in [-0.2, 0) is 6.42 Å². The zero-order valence-electron chi connectivity index (χ0n) is 13.3. The molecule has 3 nitrogen and oxygen atoms in total. The maximum absolute atomic E-state index is 12.9. The van der Waals surface area contributed by atoms with Gasteiger partial charge in [-0.05, 0) is 43.2 Å². The van der Waals surface area contributed by atoms with Gasteiger partial charge in [-0.3, -0.25) is 0 Å². The smallest absolute Gasteiger partial charge is 0.145 e. The first-order valence-corrected chi connectivity index (χ1v) is 7.60. The summed E-state index contributed by atoms with van der Waals surface area (Å²) in [5, 5.41) is 4.49. The first-order valence-electron chi connectivity index (χ1n) is 7.60. The number of fused-ring (bicyclic) bond motifs is 1. The predicted octanol–water partition coefficient (Wildman–Crippen LogP) is 4.35. The van der Waals surface area contributed by atoms with E-state index in [9.17, 15) is 4.39 Å². The van der Waals surface area contributed by atoms with Crippen LogP contribution in [0.2, 0.25) is 0 Å². The Hall–Kier alpha value is -2.62. The standard InChI is InChI=1S/C19H19FN2O/c1-13-12-17(16-4-3-5-18(23-2)19(16)22-13)21-11-10-14-6-8-15(20)9-7-14/h3-9,12H,10-11H2,1-2H3,(H,21,22). The van der Waals surface area contributed by atoms with E-state index in [1.165, 1.54) is 12.1 Å². The Balaban J connectivity index is 1.81. The SMILES string of the molecule is COc1cccc2c(NCCc3ccc(F)cc3)cc(C)nc12. The average Bonchev–Trinajstić information content (AvgIpc) is 2.56. The first kappa shape index (κ1) is 15.3. The van der Waals surface area contributed by atoms with Gasteiger partial charge in [0.05, 0.1) is 7.11 Å². The lowest BCUT2D eigenvalue weighted by Crippen LogP contribution is -2.06. The van der Waals surface area contributed by atoms with Crippen LogP contribution in [0.1, 0.15) is 11.3 Å². The molecule has 0 atom stereocenters. The van der Waals surface area contributed by atoms with Crippen molar-refractivity contribution in [1.82, 2.24) is 4.98 Å². The van der Waals surface area contributed by atoms with Gasteiger partial charge < -0.3 is 10.1 Å². The Bertz CT molecular complexity index is 815. The molecule has 0 radical (unpaired) electrons. The molecule has 3 rings (SSSR count). The van der Waals surface area contributed by atoms with Crippen LogP contribution in [0, 0.1) is 12.7 Å². The van der Waals surface area contributed by atoms with Crippen LogP contribution in [0.5, 0.6) is 5.75 Å². The van der Waals surface area contributed by atoms with Gasteiger partial charge in [0.25, 0.3) is 0 Å². The van der Waals surface area contributed by atoms with E-state index in [2.05, 4.69) is 10.3 Å². The maximum atomic E-state index is 12.9. The van der Waals surface area contributed by atoms with Gasteiger partial charge in [0, 0.05) is 23.3 Å². The van der Waals surface area contributed by atoms with Crippen molar-refractivity contribution in [3.8, 4) is 5.75 Å². The van der Waals surface area contributed by atoms with Gasteiger partial charge in [0.1, 0.15) is 17.1 Å². The molecule has 23 heavy (non-hydrogen) atoms. The fourth-order valence-electron chi connectivity index (χ4n) is 2.65. The molecule has 0 amide bonds. The number of aryl methyl sites for hydroxylation is 1. The number of ether oxygens (including phenoxy) is 1. The zero-order valence-corrected chi connectivity index (χ0v) is 13.3. The minimum atomic E-state index is -0.204. The van der Waals surface area contributed by atoms with Crippen LogP contribution in [0.15, 0.2) is 48.5 Å². The molecular weight excluding hydrogens is 291 g/mol. The predicted molar refractivity (Wildman–Crippen MR) is 91.6 cm³/mol. The van der Waals surface area contributed by atoms with Crippen molar-refractivity contribution in [3.05, 3.63) is 65.6 Å². The van der Waals surface area contributed by atoms with Crippen LogP contribution in [0.25, 0.3) is 10.9 Å². The normalized spacial score (nSPS) is 10.7. The van der Waals surface area contributed by atoms with Crippen molar-refractivity contribution < 1.29 is 9.13 Å². The fourth-order valence-corrected chi connectivity index (χ4v) is 2.65. The number of hydrogen-bond acceptors (Lipinski definition) is 3. The topological polar surface area (TPSA) is 34.1 Å². The molecule has 0 saturated carbocycles. The number of methoxy groups -OCH3 is 1. The third-order valence-corrected chi connectivity index (χ3v) is 3.79. The number of pyridine rings is 1. The minimum absolute atomic E-state index is 0.204. The third kappa shape index (κ3) is 3.42. The van der Waals surface area contributed by atoms with Crippen LogP contribution in [0.3, 0.4) is 0 Å². The summed E-state index contributed by atoms with van der Waals surface area (Å²) in [5.74, 6) is 0.567. The van der Waals surface area contributed by atoms with Gasteiger partial charge in [0.2, 0.25) is 0 Å². The second-order valence-corrected chi connectivity index (χ2v) is 5.47. The van der Waals surface area contributed by atoms with Gasteiger partial charge in [-0.2, -0.15) is 0 Å². The van der Waals surface area contributed by atoms with Crippen molar-refractivity contribution in [3.63, 3.8) is 0 Å². The van der Waals surface area contributed by atoms with E-state index in [4.69, 9.17) is 4.74 Å². The number of para-hydroxylation sites is 1. The van der Waals surface area contributed by atoms with Crippen molar-refractivity contribution in [1.29, 1.82) is 0 Å². The minimum Gasteiger partial charge on any atom is -0.494 e. The highest BCUT2D eigenvalue weighted by atomic mass is 19.1. The molecule has 0 aliphatic rings. The van der Waals surface area contributed by atoms with Gasteiger partial charge in [-0.15, -0.1) is 0 Å². The first-order chi connectivity index (χ1) is 11.2. The molecule has 0 aliphatic carbocycles. The fraction of sp³-hybridized carbons (Fsp3) is 0.211. The molecule has 0 unspecified atom stereocenters. The Labute approximate surface area is 135 Å². The number of aromatic nitrogens is 1. The van der Waals surface area contributed by atoms with Gasteiger partial charge in [-0.25, -0.2) is 9.37 Å². The Kier molecular flexibility index (Phi) is 4.42. The summed E-state index contributed by atoms with van der Waals surface area (Å²) in [6.07, 6.45) is 0.827. The lowest BCUT2D eigenvalue weighted by Gasteiger charge is -2.12. The van der Waals surface area contributed by atoms with E-state index < -0.39 is 0 Å². The second-order valence-electron chi connectivity index (χ2n) is 5.47. The van der Waals surface area contributed by atoms with E-state index in [-0.39, 0.29) is 5.82 Å². The van der Waals surface area contributed by atoms with Crippen LogP contribution in [0.4, 0.5) is 10.1 Å². The number of anilines is 1. The molecule has 2 aromatic carbocycles. The van der Waals surface area contributed by atoms with E-state index >= 15 is 0 Å². The molecule has 1 heterocycles. The summed E-state index contributed by atoms with van der Waals surface area (Å²) in [4.78, 5) is 4.58. The molecule has 1 N–H and O–H groups in total. The molecule has 0 saturated heterocycles. The molecule has 0 spiro atoms. The number of hydrogen-bond donors (Lipinski definition) is 1. The highest BCUT2D eigenvalue weighted by molar-refractivity contribution is 5.95. The van der Waals surface area contributed by atoms with Gasteiger partial charge >= 0.3 is 0 Å². The summed E-state index contributed by atoms with van der Waals surface area (Å²) in [6, 6.07) is 14.6. The Morgan fingerprint density at radius 3 is 2.65 bits per heavy atom. The summed E-state index contributed by atoms with van der Waals surface area (Å²) in [6.45, 7) is 2.73. The molecule has 118 valence electrons. The summed E-state index contributed by atoms with van der Waals surface area (Å²) < 4.78 is 18.3. The average molecular weight is 310 g/mol. The Morgan fingerprint density at radius 1 is 1.13 bits per heavy atom. The quantitative estimate of drug-likeness (QED) is 0.761. The molecule has 0 aliphatic heterocycles. The molecule has 1 aromatic heterocycles. The monoisotopic (exact) mass is 310 g/mol. The van der Waals surface area contributed by atoms with Gasteiger partial charge in [-0.1, -0.05) is 24.3 Å². The number of nitrogens with one attached hydrogen (secondary N) is 1. The summed E-state index contributed by atoms with van der Waals surface area (Å²) in [7, 11) is 1.65. The summed E-state index contributed by atoms with van der Waals surface area (Å²) in [5.41, 5.74) is 3.94. The van der Waals surface area contributed by atoms with Crippen molar-refractivity contribution in [2.24, 2.45) is 0 Å². The highest BCUT2D eigenvalue weighted by Gasteiger charge is 2.08. The maximum Gasteiger partial charge on any atom is 0.145 e. The number of halogens is 1. The van der Waals surface area contributed by atoms with Crippen LogP contribution < -0.4 is 10.1 Å². The zero-order chi connectivity index (χ0) is 16.2.